The van der Waals surface area contributed by atoms with Crippen LogP contribution in [0.25, 0.3) is 0 Å². The van der Waals surface area contributed by atoms with E-state index >= 15 is 0 Å². The van der Waals surface area contributed by atoms with Gasteiger partial charge in [0, 0.05) is 5.41 Å². The highest BCUT2D eigenvalue weighted by molar-refractivity contribution is 5.61. The van der Waals surface area contributed by atoms with Crippen molar-refractivity contribution in [2.75, 3.05) is 0 Å². The molecular weight excluding hydrogens is 316 g/mol. The number of benzene rings is 3. The summed E-state index contributed by atoms with van der Waals surface area (Å²) in [4.78, 5) is 0. The highest BCUT2D eigenvalue weighted by Gasteiger charge is 2.58. The molecule has 26 heavy (non-hydrogen) atoms. The molecular formula is C25H24O. The first-order chi connectivity index (χ1) is 12.5. The fourth-order valence-electron chi connectivity index (χ4n) is 5.69. The molecule has 5 rings (SSSR count). The van der Waals surface area contributed by atoms with Crippen LogP contribution >= 0.6 is 0 Å². The summed E-state index contributed by atoms with van der Waals surface area (Å²) in [6.45, 7) is 4.67. The summed E-state index contributed by atoms with van der Waals surface area (Å²) in [7, 11) is 0. The fraction of sp³-hybridized carbons (Fsp3) is 0.280. The molecule has 130 valence electrons. The first kappa shape index (κ1) is 15.8. The van der Waals surface area contributed by atoms with Gasteiger partial charge in [-0.15, -0.1) is 0 Å². The van der Waals surface area contributed by atoms with Crippen LogP contribution in [-0.4, -0.2) is 5.11 Å². The molecule has 3 aromatic carbocycles. The highest BCUT2D eigenvalue weighted by Crippen LogP contribution is 2.63. The first-order valence-electron chi connectivity index (χ1n) is 9.45. The van der Waals surface area contributed by atoms with Gasteiger partial charge in [-0.05, 0) is 46.1 Å². The maximum Gasteiger partial charge on any atom is 0.116 e. The van der Waals surface area contributed by atoms with Crippen molar-refractivity contribution in [2.45, 2.75) is 43.1 Å². The zero-order valence-corrected chi connectivity index (χ0v) is 15.4. The standard InChI is InChI=1S/C25H24O/c1-23(2)16-24(20-13-7-6-12-19(20)23)17-25(26,18-10-4-3-5-11-18)22-15-9-8-14-21(22)24/h3-15,26H,16-17H2,1-2H3. The molecule has 2 atom stereocenters. The van der Waals surface area contributed by atoms with E-state index in [1.165, 1.54) is 16.7 Å². The van der Waals surface area contributed by atoms with E-state index in [9.17, 15) is 5.11 Å². The Kier molecular flexibility index (Phi) is 3.10. The van der Waals surface area contributed by atoms with E-state index in [-0.39, 0.29) is 10.8 Å². The van der Waals surface area contributed by atoms with Crippen molar-refractivity contribution in [3.8, 4) is 0 Å². The average Bonchev–Trinajstić information content (AvgIpc) is 3.06. The molecule has 0 saturated carbocycles. The molecule has 2 aliphatic carbocycles. The summed E-state index contributed by atoms with van der Waals surface area (Å²) in [5.74, 6) is 0. The second kappa shape index (κ2) is 5.08. The number of fused-ring (bicyclic) bond motifs is 4. The van der Waals surface area contributed by atoms with Crippen molar-refractivity contribution in [1.82, 2.24) is 0 Å². The molecule has 0 aliphatic heterocycles. The Bertz CT molecular complexity index is 988. The minimum absolute atomic E-state index is 0.103. The number of hydrogen-bond acceptors (Lipinski definition) is 1. The van der Waals surface area contributed by atoms with E-state index in [0.29, 0.717) is 6.42 Å². The van der Waals surface area contributed by atoms with Crippen molar-refractivity contribution < 1.29 is 5.11 Å². The van der Waals surface area contributed by atoms with Crippen LogP contribution in [0.1, 0.15) is 54.5 Å². The lowest BCUT2D eigenvalue weighted by Gasteiger charge is -2.31. The van der Waals surface area contributed by atoms with Crippen molar-refractivity contribution in [1.29, 1.82) is 0 Å². The van der Waals surface area contributed by atoms with Crippen LogP contribution in [0, 0.1) is 0 Å². The molecule has 1 nitrogen and oxygen atoms in total. The van der Waals surface area contributed by atoms with Gasteiger partial charge < -0.3 is 5.11 Å². The average molecular weight is 340 g/mol. The van der Waals surface area contributed by atoms with Crippen LogP contribution in [0.5, 0.6) is 0 Å². The van der Waals surface area contributed by atoms with Crippen molar-refractivity contribution in [2.24, 2.45) is 0 Å². The zero-order valence-electron chi connectivity index (χ0n) is 15.4. The van der Waals surface area contributed by atoms with E-state index in [0.717, 1.165) is 17.5 Å². The summed E-state index contributed by atoms with van der Waals surface area (Å²) >= 11 is 0. The van der Waals surface area contributed by atoms with Crippen LogP contribution in [0.3, 0.4) is 0 Å². The number of rotatable bonds is 1. The smallest absolute Gasteiger partial charge is 0.116 e. The number of hydrogen-bond donors (Lipinski definition) is 1. The Morgan fingerprint density at radius 1 is 0.615 bits per heavy atom. The molecule has 1 spiro atoms. The topological polar surface area (TPSA) is 20.2 Å². The summed E-state index contributed by atoms with van der Waals surface area (Å²) < 4.78 is 0. The van der Waals surface area contributed by atoms with Gasteiger partial charge >= 0.3 is 0 Å². The van der Waals surface area contributed by atoms with Gasteiger partial charge in [-0.2, -0.15) is 0 Å². The third kappa shape index (κ3) is 1.90. The predicted molar refractivity (Wildman–Crippen MR) is 105 cm³/mol. The van der Waals surface area contributed by atoms with Crippen molar-refractivity contribution in [3.63, 3.8) is 0 Å². The van der Waals surface area contributed by atoms with Crippen LogP contribution in [0.2, 0.25) is 0 Å². The van der Waals surface area contributed by atoms with Gasteiger partial charge in [0.15, 0.2) is 0 Å². The molecule has 0 aromatic heterocycles. The Hall–Kier alpha value is -2.38. The molecule has 1 heteroatoms. The molecule has 3 aromatic rings. The molecule has 0 heterocycles. The lowest BCUT2D eigenvalue weighted by atomic mass is 9.73. The second-order valence-corrected chi connectivity index (χ2v) is 8.64. The Morgan fingerprint density at radius 3 is 1.77 bits per heavy atom. The predicted octanol–water partition coefficient (Wildman–Crippen LogP) is 5.29. The van der Waals surface area contributed by atoms with E-state index < -0.39 is 5.60 Å². The maximum atomic E-state index is 11.9. The normalized spacial score (nSPS) is 28.1. The van der Waals surface area contributed by atoms with E-state index in [4.69, 9.17) is 0 Å². The lowest BCUT2D eigenvalue weighted by molar-refractivity contribution is 0.0670. The van der Waals surface area contributed by atoms with Crippen molar-refractivity contribution >= 4 is 0 Å². The van der Waals surface area contributed by atoms with Crippen LogP contribution in [0.4, 0.5) is 0 Å². The number of aliphatic hydroxyl groups is 1. The minimum atomic E-state index is -0.939. The molecule has 2 aliphatic rings. The first-order valence-corrected chi connectivity index (χ1v) is 9.45. The summed E-state index contributed by atoms with van der Waals surface area (Å²) in [5, 5.41) is 11.9. The van der Waals surface area contributed by atoms with E-state index in [2.05, 4.69) is 74.5 Å². The summed E-state index contributed by atoms with van der Waals surface area (Å²) in [6, 6.07) is 27.5. The molecule has 0 fully saturated rings. The van der Waals surface area contributed by atoms with Crippen LogP contribution in [0.15, 0.2) is 78.9 Å². The highest BCUT2D eigenvalue weighted by atomic mass is 16.3. The zero-order chi connectivity index (χ0) is 18.0. The fourth-order valence-corrected chi connectivity index (χ4v) is 5.69. The molecule has 2 unspecified atom stereocenters. The van der Waals surface area contributed by atoms with Crippen molar-refractivity contribution in [3.05, 3.63) is 107 Å². The monoisotopic (exact) mass is 340 g/mol. The van der Waals surface area contributed by atoms with Gasteiger partial charge in [0.05, 0.1) is 0 Å². The quantitative estimate of drug-likeness (QED) is 0.638. The molecule has 0 saturated heterocycles. The van der Waals surface area contributed by atoms with E-state index in [1.54, 1.807) is 0 Å². The van der Waals surface area contributed by atoms with Gasteiger partial charge in [0.1, 0.15) is 5.60 Å². The Labute approximate surface area is 155 Å². The molecule has 0 amide bonds. The Morgan fingerprint density at radius 2 is 1.12 bits per heavy atom. The third-order valence-electron chi connectivity index (χ3n) is 6.61. The third-order valence-corrected chi connectivity index (χ3v) is 6.61. The van der Waals surface area contributed by atoms with Crippen LogP contribution in [-0.2, 0) is 16.4 Å². The lowest BCUT2D eigenvalue weighted by Crippen LogP contribution is -2.30. The van der Waals surface area contributed by atoms with Gasteiger partial charge in [-0.1, -0.05) is 92.7 Å². The molecule has 1 N–H and O–H groups in total. The minimum Gasteiger partial charge on any atom is -0.380 e. The van der Waals surface area contributed by atoms with Gasteiger partial charge in [0.2, 0.25) is 0 Å². The SMILES string of the molecule is CC1(C)CC2(CC(O)(c3ccccc3)c3ccccc32)c2ccccc21. The van der Waals surface area contributed by atoms with Crippen LogP contribution < -0.4 is 0 Å². The maximum absolute atomic E-state index is 11.9. The Balaban J connectivity index is 1.80. The molecule has 0 radical (unpaired) electrons. The van der Waals surface area contributed by atoms with E-state index in [1.807, 2.05) is 18.2 Å². The second-order valence-electron chi connectivity index (χ2n) is 8.64. The van der Waals surface area contributed by atoms with Gasteiger partial charge in [-0.3, -0.25) is 0 Å². The molecule has 0 bridgehead atoms. The largest absolute Gasteiger partial charge is 0.380 e. The summed E-state index contributed by atoms with van der Waals surface area (Å²) in [5.41, 5.74) is 5.21. The van der Waals surface area contributed by atoms with Gasteiger partial charge in [0.25, 0.3) is 0 Å². The summed E-state index contributed by atoms with van der Waals surface area (Å²) in [6.07, 6.45) is 1.75. The van der Waals surface area contributed by atoms with Gasteiger partial charge in [-0.25, -0.2) is 0 Å².